The molecule has 0 radical (unpaired) electrons. The summed E-state index contributed by atoms with van der Waals surface area (Å²) in [6, 6.07) is 11.5. The largest absolute Gasteiger partial charge is 0.396 e. The van der Waals surface area contributed by atoms with Crippen LogP contribution in [0.5, 0.6) is 0 Å². The van der Waals surface area contributed by atoms with Gasteiger partial charge >= 0.3 is 0 Å². The van der Waals surface area contributed by atoms with E-state index in [2.05, 4.69) is 0 Å². The third kappa shape index (κ3) is 2.25. The first-order chi connectivity index (χ1) is 8.63. The lowest BCUT2D eigenvalue weighted by molar-refractivity contribution is 0.103. The summed E-state index contributed by atoms with van der Waals surface area (Å²) in [6.45, 7) is 1.98. The lowest BCUT2D eigenvalue weighted by Gasteiger charge is -2.07. The van der Waals surface area contributed by atoms with Gasteiger partial charge in [-0.1, -0.05) is 31.2 Å². The molecule has 2 rings (SSSR count). The Bertz CT molecular complexity index is 593. The van der Waals surface area contributed by atoms with Crippen molar-refractivity contribution >= 4 is 11.5 Å². The molecule has 2 N–H and O–H groups in total. The van der Waals surface area contributed by atoms with E-state index in [1.54, 1.807) is 18.2 Å². The Morgan fingerprint density at radius 1 is 1.22 bits per heavy atom. The maximum absolute atomic E-state index is 13.4. The molecule has 2 nitrogen and oxygen atoms in total. The van der Waals surface area contributed by atoms with E-state index in [1.807, 2.05) is 19.1 Å². The average Bonchev–Trinajstić information content (AvgIpc) is 2.41. The van der Waals surface area contributed by atoms with E-state index < -0.39 is 5.82 Å². The van der Waals surface area contributed by atoms with Crippen LogP contribution in [0, 0.1) is 5.82 Å². The number of rotatable bonds is 3. The van der Waals surface area contributed by atoms with Gasteiger partial charge in [0.15, 0.2) is 5.78 Å². The number of anilines is 1. The summed E-state index contributed by atoms with van der Waals surface area (Å²) in [5.74, 6) is -0.735. The second-order valence-corrected chi connectivity index (χ2v) is 4.08. The molecule has 2 aromatic carbocycles. The van der Waals surface area contributed by atoms with Gasteiger partial charge in [-0.15, -0.1) is 0 Å². The molecule has 0 fully saturated rings. The molecule has 0 aliphatic carbocycles. The number of aryl methyl sites for hydroxylation is 1. The minimum absolute atomic E-state index is 0.0512. The van der Waals surface area contributed by atoms with Crippen molar-refractivity contribution in [3.63, 3.8) is 0 Å². The molecule has 0 saturated heterocycles. The van der Waals surface area contributed by atoms with Crippen LogP contribution in [-0.4, -0.2) is 5.78 Å². The van der Waals surface area contributed by atoms with Crippen molar-refractivity contribution in [2.24, 2.45) is 0 Å². The van der Waals surface area contributed by atoms with Crippen LogP contribution in [0.2, 0.25) is 0 Å². The van der Waals surface area contributed by atoms with Gasteiger partial charge in [-0.25, -0.2) is 4.39 Å². The van der Waals surface area contributed by atoms with Gasteiger partial charge in [0.2, 0.25) is 0 Å². The predicted octanol–water partition coefficient (Wildman–Crippen LogP) is 3.20. The zero-order valence-electron chi connectivity index (χ0n) is 10.1. The summed E-state index contributed by atoms with van der Waals surface area (Å²) < 4.78 is 13.4. The maximum atomic E-state index is 13.4. The molecule has 0 atom stereocenters. The van der Waals surface area contributed by atoms with E-state index in [4.69, 9.17) is 5.73 Å². The minimum atomic E-state index is -0.560. The van der Waals surface area contributed by atoms with Crippen molar-refractivity contribution < 1.29 is 9.18 Å². The van der Waals surface area contributed by atoms with Crippen LogP contribution in [0.1, 0.15) is 28.4 Å². The van der Waals surface area contributed by atoms with E-state index >= 15 is 0 Å². The standard InChI is InChI=1S/C15H14FNO/c1-2-10-5-3-4-6-12(10)15(18)11-7-8-14(17)13(16)9-11/h3-9H,2,17H2,1H3. The van der Waals surface area contributed by atoms with E-state index in [1.165, 1.54) is 12.1 Å². The molecular weight excluding hydrogens is 229 g/mol. The number of benzene rings is 2. The van der Waals surface area contributed by atoms with Crippen molar-refractivity contribution in [1.29, 1.82) is 0 Å². The Labute approximate surface area is 105 Å². The first-order valence-corrected chi connectivity index (χ1v) is 5.81. The Morgan fingerprint density at radius 3 is 2.61 bits per heavy atom. The molecular formula is C15H14FNO. The SMILES string of the molecule is CCc1ccccc1C(=O)c1ccc(N)c(F)c1. The van der Waals surface area contributed by atoms with Gasteiger partial charge in [0, 0.05) is 11.1 Å². The van der Waals surface area contributed by atoms with Gasteiger partial charge in [0.25, 0.3) is 0 Å². The fourth-order valence-electron chi connectivity index (χ4n) is 1.87. The highest BCUT2D eigenvalue weighted by Crippen LogP contribution is 2.18. The van der Waals surface area contributed by atoms with Crippen molar-refractivity contribution in [3.05, 3.63) is 65.0 Å². The Hall–Kier alpha value is -2.16. The molecule has 0 heterocycles. The molecule has 92 valence electrons. The normalized spacial score (nSPS) is 10.3. The van der Waals surface area contributed by atoms with Crippen LogP contribution in [0.3, 0.4) is 0 Å². The minimum Gasteiger partial charge on any atom is -0.396 e. The number of carbonyl (C=O) groups is 1. The predicted molar refractivity (Wildman–Crippen MR) is 70.1 cm³/mol. The van der Waals surface area contributed by atoms with Gasteiger partial charge in [-0.3, -0.25) is 4.79 Å². The third-order valence-electron chi connectivity index (χ3n) is 2.91. The van der Waals surface area contributed by atoms with Crippen LogP contribution in [0.25, 0.3) is 0 Å². The molecule has 3 heteroatoms. The molecule has 0 aromatic heterocycles. The second kappa shape index (κ2) is 5.00. The van der Waals surface area contributed by atoms with Crippen molar-refractivity contribution in [2.45, 2.75) is 13.3 Å². The summed E-state index contributed by atoms with van der Waals surface area (Å²) in [4.78, 5) is 12.3. The number of nitrogens with two attached hydrogens (primary N) is 1. The van der Waals surface area contributed by atoms with E-state index in [9.17, 15) is 9.18 Å². The fourth-order valence-corrected chi connectivity index (χ4v) is 1.87. The highest BCUT2D eigenvalue weighted by atomic mass is 19.1. The van der Waals surface area contributed by atoms with Crippen molar-refractivity contribution in [1.82, 2.24) is 0 Å². The fraction of sp³-hybridized carbons (Fsp3) is 0.133. The maximum Gasteiger partial charge on any atom is 0.193 e. The number of hydrogen-bond acceptors (Lipinski definition) is 2. The van der Waals surface area contributed by atoms with E-state index in [0.29, 0.717) is 11.1 Å². The average molecular weight is 243 g/mol. The Morgan fingerprint density at radius 2 is 1.94 bits per heavy atom. The zero-order valence-corrected chi connectivity index (χ0v) is 10.1. The van der Waals surface area contributed by atoms with Crippen LogP contribution in [0.4, 0.5) is 10.1 Å². The van der Waals surface area contributed by atoms with Crippen molar-refractivity contribution in [2.75, 3.05) is 5.73 Å². The topological polar surface area (TPSA) is 43.1 Å². The van der Waals surface area contributed by atoms with Crippen LogP contribution in [-0.2, 0) is 6.42 Å². The van der Waals surface area contributed by atoms with E-state index in [0.717, 1.165) is 12.0 Å². The number of hydrogen-bond donors (Lipinski definition) is 1. The summed E-state index contributed by atoms with van der Waals surface area (Å²) in [5, 5.41) is 0. The van der Waals surface area contributed by atoms with Crippen LogP contribution in [0.15, 0.2) is 42.5 Å². The Kier molecular flexibility index (Phi) is 3.42. The number of carbonyl (C=O) groups excluding carboxylic acids is 1. The quantitative estimate of drug-likeness (QED) is 0.664. The summed E-state index contributed by atoms with van der Waals surface area (Å²) >= 11 is 0. The lowest BCUT2D eigenvalue weighted by Crippen LogP contribution is -2.06. The summed E-state index contributed by atoms with van der Waals surface area (Å²) in [5.41, 5.74) is 7.34. The molecule has 0 spiro atoms. The number of nitrogen functional groups attached to an aromatic ring is 1. The monoisotopic (exact) mass is 243 g/mol. The zero-order chi connectivity index (χ0) is 13.1. The Balaban J connectivity index is 2.44. The van der Waals surface area contributed by atoms with Gasteiger partial charge in [-0.2, -0.15) is 0 Å². The van der Waals surface area contributed by atoms with Gasteiger partial charge in [0.05, 0.1) is 5.69 Å². The highest BCUT2D eigenvalue weighted by Gasteiger charge is 2.13. The van der Waals surface area contributed by atoms with Crippen LogP contribution >= 0.6 is 0 Å². The van der Waals surface area contributed by atoms with Crippen molar-refractivity contribution in [3.8, 4) is 0 Å². The van der Waals surface area contributed by atoms with Crippen LogP contribution < -0.4 is 5.73 Å². The molecule has 0 bridgehead atoms. The third-order valence-corrected chi connectivity index (χ3v) is 2.91. The lowest BCUT2D eigenvalue weighted by atomic mass is 9.97. The first-order valence-electron chi connectivity index (χ1n) is 5.81. The second-order valence-electron chi connectivity index (χ2n) is 4.08. The summed E-state index contributed by atoms with van der Waals surface area (Å²) in [7, 11) is 0. The molecule has 0 amide bonds. The molecule has 0 aliphatic heterocycles. The summed E-state index contributed by atoms with van der Waals surface area (Å²) in [6.07, 6.45) is 0.763. The number of ketones is 1. The highest BCUT2D eigenvalue weighted by molar-refractivity contribution is 6.10. The first kappa shape index (κ1) is 12.3. The molecule has 2 aromatic rings. The van der Waals surface area contributed by atoms with E-state index in [-0.39, 0.29) is 11.5 Å². The molecule has 0 aliphatic rings. The molecule has 0 unspecified atom stereocenters. The van der Waals surface area contributed by atoms with Gasteiger partial charge in [0.1, 0.15) is 5.82 Å². The van der Waals surface area contributed by atoms with Gasteiger partial charge < -0.3 is 5.73 Å². The van der Waals surface area contributed by atoms with Gasteiger partial charge in [-0.05, 0) is 30.2 Å². The smallest absolute Gasteiger partial charge is 0.193 e. The molecule has 18 heavy (non-hydrogen) atoms. The number of halogens is 1. The molecule has 0 saturated carbocycles.